The summed E-state index contributed by atoms with van der Waals surface area (Å²) in [5.74, 6) is -1.87. The zero-order valence-electron chi connectivity index (χ0n) is 33.5. The fourth-order valence-electron chi connectivity index (χ4n) is 7.25. The summed E-state index contributed by atoms with van der Waals surface area (Å²) in [4.78, 5) is 63.2. The second kappa shape index (κ2) is 16.8. The van der Waals surface area contributed by atoms with Gasteiger partial charge >= 0.3 is 6.09 Å². The standard InChI is InChI=1S/C40H55N7O8S2/c1-24(2)47-31-16-12-14-27(30-22-56-23-42-30)33(31)44-37(47)54-26-20-32(34(41)48)46(21-26)36(50)29(43-38(51)55-39(3,4)5)15-11-9-7-8-10-13-25-19-28(25)35(49)45-57(52,53)40(6)17-18-40/h10,12-14,16,22-26,28-29,32H,7-9,11,15,17-21H2,1-6H3,(H2,41,48)(H,43,51)(H,45,49)/b13-10-/t25-,26?,28+,29+,32+/m1/s1. The van der Waals surface area contributed by atoms with Gasteiger partial charge in [-0.05, 0) is 92.1 Å². The highest BCUT2D eigenvalue weighted by molar-refractivity contribution is 7.91. The van der Waals surface area contributed by atoms with E-state index in [9.17, 15) is 27.6 Å². The number of benzene rings is 1. The van der Waals surface area contributed by atoms with Crippen molar-refractivity contribution in [3.05, 3.63) is 41.2 Å². The SMILES string of the molecule is CC(C)n1c(OC2C[C@@H](C(N)=O)N(C(=O)[C@H](CCCCC/C=C\[C@@H]3C[C@@H]3C(=O)NS(=O)(=O)C3(C)CC3)NC(=O)OC(C)(C)C)C2)nc2c(-c3cscn3)cccc21. The summed E-state index contributed by atoms with van der Waals surface area (Å²) in [5, 5.41) is 4.70. The second-order valence-electron chi connectivity index (χ2n) is 17.0. The maximum Gasteiger partial charge on any atom is 0.408 e. The molecule has 5 atom stereocenters. The lowest BCUT2D eigenvalue weighted by atomic mass is 10.0. The number of hydrogen-bond donors (Lipinski definition) is 3. The molecule has 1 saturated heterocycles. The van der Waals surface area contributed by atoms with Gasteiger partial charge in [0.25, 0.3) is 6.01 Å². The number of likely N-dealkylation sites (tertiary alicyclic amines) is 1. The van der Waals surface area contributed by atoms with Crippen LogP contribution in [0.1, 0.15) is 105 Å². The van der Waals surface area contributed by atoms with Gasteiger partial charge in [-0.15, -0.1) is 11.3 Å². The number of para-hydroxylation sites is 1. The number of carbonyl (C=O) groups excluding carboxylic acids is 4. The Morgan fingerprint density at radius 3 is 2.53 bits per heavy atom. The number of nitrogens with zero attached hydrogens (tertiary/aromatic N) is 4. The monoisotopic (exact) mass is 825 g/mol. The van der Waals surface area contributed by atoms with Crippen molar-refractivity contribution in [1.29, 1.82) is 0 Å². The van der Waals surface area contributed by atoms with E-state index in [1.165, 1.54) is 16.2 Å². The van der Waals surface area contributed by atoms with Gasteiger partial charge in [-0.1, -0.05) is 37.1 Å². The molecular formula is C40H55N7O8S2. The summed E-state index contributed by atoms with van der Waals surface area (Å²) in [6.07, 6.45) is 7.73. The average Bonchev–Trinajstić information content (AvgIpc) is 3.86. The number of allylic oxidation sites excluding steroid dienone is 2. The number of amides is 4. The molecule has 3 heterocycles. The van der Waals surface area contributed by atoms with Gasteiger partial charge in [-0.3, -0.25) is 23.7 Å². The van der Waals surface area contributed by atoms with Gasteiger partial charge in [0.1, 0.15) is 29.3 Å². The van der Waals surface area contributed by atoms with Crippen molar-refractivity contribution in [2.75, 3.05) is 6.54 Å². The molecule has 4 N–H and O–H groups in total. The highest BCUT2D eigenvalue weighted by atomic mass is 32.2. The van der Waals surface area contributed by atoms with Crippen LogP contribution in [0, 0.1) is 11.8 Å². The number of rotatable bonds is 17. The molecule has 57 heavy (non-hydrogen) atoms. The molecule has 6 rings (SSSR count). The lowest BCUT2D eigenvalue weighted by Crippen LogP contribution is -2.53. The number of unbranched alkanes of at least 4 members (excludes halogenated alkanes) is 3. The number of sulfonamides is 1. The smallest absolute Gasteiger partial charge is 0.408 e. The van der Waals surface area contributed by atoms with Gasteiger partial charge in [-0.25, -0.2) is 18.2 Å². The number of fused-ring (bicyclic) bond motifs is 1. The molecule has 0 radical (unpaired) electrons. The minimum Gasteiger partial charge on any atom is -0.459 e. The number of nitrogens with one attached hydrogen (secondary N) is 2. The Labute approximate surface area is 338 Å². The van der Waals surface area contributed by atoms with Crippen LogP contribution in [0.25, 0.3) is 22.3 Å². The second-order valence-corrected chi connectivity index (χ2v) is 19.9. The summed E-state index contributed by atoms with van der Waals surface area (Å²) in [6, 6.07) is 4.30. The number of imidazole rings is 1. The van der Waals surface area contributed by atoms with Crippen molar-refractivity contribution in [2.24, 2.45) is 17.6 Å². The first-order valence-corrected chi connectivity index (χ1v) is 22.2. The van der Waals surface area contributed by atoms with E-state index in [1.54, 1.807) is 33.2 Å². The molecule has 1 aliphatic heterocycles. The molecule has 4 amide bonds. The van der Waals surface area contributed by atoms with Crippen molar-refractivity contribution in [3.8, 4) is 17.3 Å². The van der Waals surface area contributed by atoms with E-state index < -0.39 is 62.4 Å². The molecule has 17 heteroatoms. The molecular weight excluding hydrogens is 771 g/mol. The van der Waals surface area contributed by atoms with E-state index in [0.717, 1.165) is 41.6 Å². The number of thiazole rings is 1. The van der Waals surface area contributed by atoms with Crippen LogP contribution in [0.2, 0.25) is 0 Å². The van der Waals surface area contributed by atoms with Crippen LogP contribution in [0.3, 0.4) is 0 Å². The molecule has 2 saturated carbocycles. The van der Waals surface area contributed by atoms with E-state index >= 15 is 0 Å². The first-order valence-electron chi connectivity index (χ1n) is 19.8. The van der Waals surface area contributed by atoms with E-state index in [2.05, 4.69) is 15.0 Å². The van der Waals surface area contributed by atoms with E-state index in [1.807, 2.05) is 54.1 Å². The first-order chi connectivity index (χ1) is 26.9. The molecule has 3 aromatic rings. The first kappa shape index (κ1) is 42.1. The highest BCUT2D eigenvalue weighted by Gasteiger charge is 2.52. The third kappa shape index (κ3) is 9.97. The largest absolute Gasteiger partial charge is 0.459 e. The topological polar surface area (TPSA) is 205 Å². The van der Waals surface area contributed by atoms with Crippen LogP contribution in [0.5, 0.6) is 6.01 Å². The number of aromatic nitrogens is 3. The van der Waals surface area contributed by atoms with Crippen LogP contribution >= 0.6 is 11.3 Å². The Hall–Kier alpha value is -4.51. The van der Waals surface area contributed by atoms with Gasteiger partial charge in [0.05, 0.1) is 28.0 Å². The number of primary amides is 1. The Morgan fingerprint density at radius 2 is 1.88 bits per heavy atom. The number of carbonyl (C=O) groups is 4. The van der Waals surface area contributed by atoms with Crippen LogP contribution < -0.4 is 20.5 Å². The van der Waals surface area contributed by atoms with Crippen molar-refractivity contribution in [1.82, 2.24) is 29.5 Å². The molecule has 0 bridgehead atoms. The predicted molar refractivity (Wildman–Crippen MR) is 217 cm³/mol. The minimum absolute atomic E-state index is 0.0154. The minimum atomic E-state index is -3.64. The Kier molecular flexibility index (Phi) is 12.4. The zero-order chi connectivity index (χ0) is 41.3. The molecule has 2 aromatic heterocycles. The van der Waals surface area contributed by atoms with Crippen molar-refractivity contribution in [2.45, 2.75) is 134 Å². The summed E-state index contributed by atoms with van der Waals surface area (Å²) in [7, 11) is -3.64. The van der Waals surface area contributed by atoms with Gasteiger partial charge in [0.2, 0.25) is 27.7 Å². The number of nitrogens with two attached hydrogens (primary N) is 1. The molecule has 1 aromatic carbocycles. The Morgan fingerprint density at radius 1 is 1.12 bits per heavy atom. The quantitative estimate of drug-likeness (QED) is 0.113. The number of ether oxygens (including phenoxy) is 2. The fourth-order valence-corrected chi connectivity index (χ4v) is 9.10. The van der Waals surface area contributed by atoms with Gasteiger partial charge in [0, 0.05) is 29.3 Å². The van der Waals surface area contributed by atoms with Crippen LogP contribution in [-0.2, 0) is 29.1 Å². The van der Waals surface area contributed by atoms with Gasteiger partial charge in [-0.2, -0.15) is 4.98 Å². The third-order valence-electron chi connectivity index (χ3n) is 10.8. The molecule has 1 unspecified atom stereocenters. The van der Waals surface area contributed by atoms with Crippen molar-refractivity contribution >= 4 is 56.2 Å². The van der Waals surface area contributed by atoms with Crippen LogP contribution in [0.4, 0.5) is 4.79 Å². The molecule has 310 valence electrons. The molecule has 3 fully saturated rings. The zero-order valence-corrected chi connectivity index (χ0v) is 35.2. The van der Waals surface area contributed by atoms with Crippen LogP contribution in [0.15, 0.2) is 41.2 Å². The highest BCUT2D eigenvalue weighted by Crippen LogP contribution is 2.44. The molecule has 3 aliphatic rings. The average molecular weight is 826 g/mol. The fraction of sp³-hybridized carbons (Fsp3) is 0.600. The molecule has 15 nitrogen and oxygen atoms in total. The van der Waals surface area contributed by atoms with Gasteiger partial charge in [0.15, 0.2) is 0 Å². The lowest BCUT2D eigenvalue weighted by Gasteiger charge is -2.28. The normalized spacial score (nSPS) is 22.1. The molecule has 2 aliphatic carbocycles. The Balaban J connectivity index is 1.07. The van der Waals surface area contributed by atoms with Crippen molar-refractivity contribution < 1.29 is 37.1 Å². The number of alkyl carbamates (subject to hydrolysis) is 1. The predicted octanol–water partition coefficient (Wildman–Crippen LogP) is 5.61. The van der Waals surface area contributed by atoms with E-state index in [4.69, 9.17) is 20.2 Å². The van der Waals surface area contributed by atoms with Crippen LogP contribution in [-0.4, -0.2) is 86.7 Å². The van der Waals surface area contributed by atoms with Gasteiger partial charge < -0.3 is 25.4 Å². The van der Waals surface area contributed by atoms with Crippen molar-refractivity contribution in [3.63, 3.8) is 0 Å². The lowest BCUT2D eigenvalue weighted by molar-refractivity contribution is -0.139. The maximum atomic E-state index is 14.2. The number of hydrogen-bond acceptors (Lipinski definition) is 11. The van der Waals surface area contributed by atoms with E-state index in [-0.39, 0.29) is 30.8 Å². The summed E-state index contributed by atoms with van der Waals surface area (Å²) >= 11 is 1.50. The summed E-state index contributed by atoms with van der Waals surface area (Å²) in [6.45, 7) is 11.0. The summed E-state index contributed by atoms with van der Waals surface area (Å²) < 4.78 is 40.2. The molecule has 0 spiro atoms. The maximum absolute atomic E-state index is 14.2. The third-order valence-corrected chi connectivity index (χ3v) is 13.6. The van der Waals surface area contributed by atoms with E-state index in [0.29, 0.717) is 38.1 Å². The Bertz CT molecular complexity index is 2100. The summed E-state index contributed by atoms with van der Waals surface area (Å²) in [5.41, 5.74) is 10.1.